The lowest BCUT2D eigenvalue weighted by Crippen LogP contribution is -2.04. The van der Waals surface area contributed by atoms with Gasteiger partial charge in [-0.25, -0.2) is 0 Å². The second-order valence-electron chi connectivity index (χ2n) is 6.66. The lowest BCUT2D eigenvalue weighted by molar-refractivity contribution is -0.137. The molecule has 1 nitrogen and oxygen atoms in total. The van der Waals surface area contributed by atoms with Crippen LogP contribution in [0.3, 0.4) is 0 Å². The van der Waals surface area contributed by atoms with Crippen LogP contribution in [0, 0.1) is 0 Å². The van der Waals surface area contributed by atoms with Gasteiger partial charge in [0.1, 0.15) is 5.75 Å². The van der Waals surface area contributed by atoms with E-state index in [0.29, 0.717) is 12.0 Å². The molecule has 0 saturated heterocycles. The zero-order chi connectivity index (χ0) is 23.3. The molecule has 3 aromatic carbocycles. The number of ether oxygens (including phenoxy) is 1. The highest BCUT2D eigenvalue weighted by molar-refractivity contribution is 6.31. The number of benzene rings is 3. The van der Waals surface area contributed by atoms with Gasteiger partial charge in [0.25, 0.3) is 0 Å². The second kappa shape index (κ2) is 13.8. The number of hydrogen-bond donors (Lipinski definition) is 0. The van der Waals surface area contributed by atoms with Crippen molar-refractivity contribution in [2.24, 2.45) is 0 Å². The topological polar surface area (TPSA) is 9.23 Å². The fourth-order valence-corrected chi connectivity index (χ4v) is 3.02. The predicted molar refractivity (Wildman–Crippen MR) is 124 cm³/mol. The van der Waals surface area contributed by atoms with E-state index in [1.54, 1.807) is 13.2 Å². The molecule has 0 saturated carbocycles. The van der Waals surface area contributed by atoms with Crippen LogP contribution in [0.15, 0.2) is 72.8 Å². The van der Waals surface area contributed by atoms with Gasteiger partial charge in [-0.05, 0) is 54.2 Å². The normalized spacial score (nSPS) is 10.3. The highest BCUT2D eigenvalue weighted by atomic mass is 35.5. The van der Waals surface area contributed by atoms with E-state index in [4.69, 9.17) is 16.3 Å². The van der Waals surface area contributed by atoms with Crippen molar-refractivity contribution in [3.63, 3.8) is 0 Å². The van der Waals surface area contributed by atoms with Crippen molar-refractivity contribution < 1.29 is 17.9 Å². The summed E-state index contributed by atoms with van der Waals surface area (Å²) >= 11 is 5.82. The standard InChI is InChI=1S/C9H9F3.C9H12O.C8H9Cl/c1-2-7-4-3-5-8(6-7)9(10,11)12;1-3-8-6-4-5-7-9(8)10-2;1-2-7-5-3-4-6-8(7)9/h3-6H,2H2,1H3;4-7H,3H2,1-2H3;3-6H,2H2,1H3. The maximum atomic E-state index is 12.1. The first-order valence-corrected chi connectivity index (χ1v) is 10.7. The van der Waals surface area contributed by atoms with Crippen molar-refractivity contribution in [1.29, 1.82) is 0 Å². The van der Waals surface area contributed by atoms with E-state index in [1.165, 1.54) is 23.3 Å². The van der Waals surface area contributed by atoms with Gasteiger partial charge in [0, 0.05) is 5.02 Å². The fourth-order valence-electron chi connectivity index (χ4n) is 2.75. The number of alkyl halides is 3. The van der Waals surface area contributed by atoms with Crippen molar-refractivity contribution in [2.45, 2.75) is 46.2 Å². The van der Waals surface area contributed by atoms with Gasteiger partial charge < -0.3 is 4.74 Å². The maximum Gasteiger partial charge on any atom is 0.416 e. The molecule has 0 aliphatic heterocycles. The van der Waals surface area contributed by atoms with Crippen LogP contribution in [-0.2, 0) is 25.4 Å². The van der Waals surface area contributed by atoms with E-state index in [0.717, 1.165) is 29.7 Å². The monoisotopic (exact) mass is 450 g/mol. The second-order valence-corrected chi connectivity index (χ2v) is 7.07. The fraction of sp³-hybridized carbons (Fsp3) is 0.308. The van der Waals surface area contributed by atoms with Crippen LogP contribution in [0.25, 0.3) is 0 Å². The Morgan fingerprint density at radius 2 is 1.32 bits per heavy atom. The van der Waals surface area contributed by atoms with E-state index in [1.807, 2.05) is 49.4 Å². The molecule has 5 heteroatoms. The summed E-state index contributed by atoms with van der Waals surface area (Å²) in [6, 6.07) is 21.4. The summed E-state index contributed by atoms with van der Waals surface area (Å²) in [7, 11) is 1.70. The molecule has 0 amide bonds. The minimum absolute atomic E-state index is 0.568. The van der Waals surface area contributed by atoms with Gasteiger partial charge in [-0.15, -0.1) is 0 Å². The molecular formula is C26H30ClF3O. The molecule has 0 fully saturated rings. The largest absolute Gasteiger partial charge is 0.496 e. The Morgan fingerprint density at radius 1 is 0.742 bits per heavy atom. The Kier molecular flexibility index (Phi) is 11.8. The minimum atomic E-state index is -4.22. The molecule has 0 N–H and O–H groups in total. The number of rotatable bonds is 4. The van der Waals surface area contributed by atoms with Crippen LogP contribution in [0.4, 0.5) is 13.2 Å². The Balaban J connectivity index is 0.000000235. The minimum Gasteiger partial charge on any atom is -0.496 e. The zero-order valence-corrected chi connectivity index (χ0v) is 19.2. The number of aryl methyl sites for hydroxylation is 3. The Morgan fingerprint density at radius 3 is 1.77 bits per heavy atom. The molecule has 0 atom stereocenters. The van der Waals surface area contributed by atoms with E-state index < -0.39 is 11.7 Å². The van der Waals surface area contributed by atoms with Gasteiger partial charge >= 0.3 is 6.18 Å². The third-order valence-corrected chi connectivity index (χ3v) is 4.94. The van der Waals surface area contributed by atoms with E-state index >= 15 is 0 Å². The van der Waals surface area contributed by atoms with Crippen LogP contribution < -0.4 is 4.74 Å². The van der Waals surface area contributed by atoms with E-state index in [2.05, 4.69) is 19.9 Å². The summed E-state index contributed by atoms with van der Waals surface area (Å²) in [6.45, 7) is 6.05. The molecule has 0 aromatic heterocycles. The molecule has 0 bridgehead atoms. The highest BCUT2D eigenvalue weighted by Gasteiger charge is 2.30. The molecule has 0 unspecified atom stereocenters. The van der Waals surface area contributed by atoms with E-state index in [-0.39, 0.29) is 0 Å². The summed E-state index contributed by atoms with van der Waals surface area (Å²) in [4.78, 5) is 0. The molecule has 3 aromatic rings. The van der Waals surface area contributed by atoms with Crippen LogP contribution in [0.5, 0.6) is 5.75 Å². The van der Waals surface area contributed by atoms with Crippen molar-refractivity contribution in [3.05, 3.63) is 100 Å². The first-order valence-electron chi connectivity index (χ1n) is 10.3. The third-order valence-electron chi connectivity index (χ3n) is 4.57. The van der Waals surface area contributed by atoms with Gasteiger partial charge in [-0.3, -0.25) is 0 Å². The third kappa shape index (κ3) is 9.48. The molecular weight excluding hydrogens is 421 g/mol. The van der Waals surface area contributed by atoms with Crippen molar-refractivity contribution in [3.8, 4) is 5.75 Å². The summed E-state index contributed by atoms with van der Waals surface area (Å²) in [5.74, 6) is 0.991. The van der Waals surface area contributed by atoms with Crippen LogP contribution in [-0.4, -0.2) is 7.11 Å². The van der Waals surface area contributed by atoms with Gasteiger partial charge in [-0.2, -0.15) is 13.2 Å². The summed E-state index contributed by atoms with van der Waals surface area (Å²) in [6.07, 6.45) is -1.54. The molecule has 31 heavy (non-hydrogen) atoms. The Bertz CT molecular complexity index is 884. The number of halogens is 4. The maximum absolute atomic E-state index is 12.1. The molecule has 168 valence electrons. The smallest absolute Gasteiger partial charge is 0.416 e. The molecule has 0 aliphatic rings. The number of methoxy groups -OCH3 is 1. The van der Waals surface area contributed by atoms with Crippen molar-refractivity contribution >= 4 is 11.6 Å². The van der Waals surface area contributed by atoms with Gasteiger partial charge in [0.2, 0.25) is 0 Å². The first-order chi connectivity index (χ1) is 14.8. The van der Waals surface area contributed by atoms with Gasteiger partial charge in [0.15, 0.2) is 0 Å². The Hall–Kier alpha value is -2.46. The van der Waals surface area contributed by atoms with Crippen molar-refractivity contribution in [2.75, 3.05) is 7.11 Å². The first kappa shape index (κ1) is 26.6. The highest BCUT2D eigenvalue weighted by Crippen LogP contribution is 2.29. The Labute approximate surface area is 188 Å². The molecule has 0 radical (unpaired) electrons. The molecule has 0 heterocycles. The average Bonchev–Trinajstić information content (AvgIpc) is 2.79. The summed E-state index contributed by atoms with van der Waals surface area (Å²) in [5, 5.41) is 0.875. The predicted octanol–water partition coefficient (Wildman–Crippen LogP) is 8.43. The summed E-state index contributed by atoms with van der Waals surface area (Å²) in [5.41, 5.74) is 2.64. The van der Waals surface area contributed by atoms with E-state index in [9.17, 15) is 13.2 Å². The number of para-hydroxylation sites is 1. The van der Waals surface area contributed by atoms with Crippen LogP contribution in [0.1, 0.15) is 43.0 Å². The molecule has 0 aliphatic carbocycles. The SMILES string of the molecule is CCc1cccc(C(F)(F)F)c1.CCc1ccccc1Cl.CCc1ccccc1OC. The average molecular weight is 451 g/mol. The van der Waals surface area contributed by atoms with Gasteiger partial charge in [-0.1, -0.05) is 87.0 Å². The lowest BCUT2D eigenvalue weighted by Gasteiger charge is -2.06. The summed E-state index contributed by atoms with van der Waals surface area (Å²) < 4.78 is 41.4. The lowest BCUT2D eigenvalue weighted by atomic mass is 10.1. The zero-order valence-electron chi connectivity index (χ0n) is 18.5. The molecule has 3 rings (SSSR count). The van der Waals surface area contributed by atoms with Crippen LogP contribution >= 0.6 is 11.6 Å². The molecule has 0 spiro atoms. The van der Waals surface area contributed by atoms with Crippen LogP contribution in [0.2, 0.25) is 5.02 Å². The quantitative estimate of drug-likeness (QED) is 0.387. The number of hydrogen-bond acceptors (Lipinski definition) is 1. The van der Waals surface area contributed by atoms with Gasteiger partial charge in [0.05, 0.1) is 12.7 Å². The van der Waals surface area contributed by atoms with Crippen molar-refractivity contribution in [1.82, 2.24) is 0 Å².